The summed E-state index contributed by atoms with van der Waals surface area (Å²) in [5.41, 5.74) is 1.13. The fraction of sp³-hybridized carbons (Fsp3) is 0.900. The van der Waals surface area contributed by atoms with Crippen LogP contribution < -0.4 is 0 Å². The molecule has 1 spiro atoms. The zero-order valence-electron chi connectivity index (χ0n) is 7.02. The van der Waals surface area contributed by atoms with E-state index >= 15 is 0 Å². The van der Waals surface area contributed by atoms with Crippen molar-refractivity contribution in [3.63, 3.8) is 0 Å². The molecule has 0 amide bonds. The Hall–Kier alpha value is -0.330. The van der Waals surface area contributed by atoms with Crippen LogP contribution >= 0.6 is 0 Å². The molecule has 11 heavy (non-hydrogen) atoms. The molecular formula is C10H14O. The molecule has 0 heterocycles. The fourth-order valence-corrected chi connectivity index (χ4v) is 3.83. The summed E-state index contributed by atoms with van der Waals surface area (Å²) in [5.74, 6) is 1.07. The van der Waals surface area contributed by atoms with Gasteiger partial charge >= 0.3 is 0 Å². The van der Waals surface area contributed by atoms with E-state index in [2.05, 4.69) is 6.92 Å². The smallest absolute Gasteiger partial charge is 0.136 e. The van der Waals surface area contributed by atoms with Gasteiger partial charge in [0.1, 0.15) is 5.78 Å². The molecule has 0 aliphatic heterocycles. The molecule has 3 rings (SSSR count). The van der Waals surface area contributed by atoms with E-state index < -0.39 is 0 Å². The summed E-state index contributed by atoms with van der Waals surface area (Å²) in [5, 5.41) is 0. The van der Waals surface area contributed by atoms with E-state index in [0.29, 0.717) is 22.5 Å². The van der Waals surface area contributed by atoms with Gasteiger partial charge in [-0.05, 0) is 36.5 Å². The Morgan fingerprint density at radius 2 is 2.18 bits per heavy atom. The van der Waals surface area contributed by atoms with Crippen LogP contribution in [0.25, 0.3) is 0 Å². The van der Waals surface area contributed by atoms with Gasteiger partial charge in [-0.1, -0.05) is 6.92 Å². The van der Waals surface area contributed by atoms with Crippen LogP contribution in [-0.2, 0) is 4.79 Å². The van der Waals surface area contributed by atoms with Gasteiger partial charge in [0.05, 0.1) is 0 Å². The van der Waals surface area contributed by atoms with Gasteiger partial charge in [-0.15, -0.1) is 0 Å². The molecule has 0 saturated heterocycles. The molecule has 3 fully saturated rings. The monoisotopic (exact) mass is 150 g/mol. The van der Waals surface area contributed by atoms with Crippen LogP contribution in [0.2, 0.25) is 0 Å². The van der Waals surface area contributed by atoms with Gasteiger partial charge in [0.15, 0.2) is 0 Å². The largest absolute Gasteiger partial charge is 0.299 e. The summed E-state index contributed by atoms with van der Waals surface area (Å²) >= 11 is 0. The van der Waals surface area contributed by atoms with Gasteiger partial charge in [0.2, 0.25) is 0 Å². The summed E-state index contributed by atoms with van der Waals surface area (Å²) in [6.45, 7) is 2.38. The van der Waals surface area contributed by atoms with E-state index in [1.165, 1.54) is 25.7 Å². The molecule has 3 saturated carbocycles. The molecule has 0 bridgehead atoms. The molecule has 0 radical (unpaired) electrons. The van der Waals surface area contributed by atoms with Crippen LogP contribution in [0.15, 0.2) is 0 Å². The third kappa shape index (κ3) is 0.423. The SMILES string of the molecule is C[C@@]12CCC13CCC(=O)[C@H]3C2. The first-order valence-electron chi connectivity index (χ1n) is 4.71. The number of carbonyl (C=O) groups is 1. The minimum Gasteiger partial charge on any atom is -0.299 e. The Morgan fingerprint density at radius 1 is 1.36 bits per heavy atom. The van der Waals surface area contributed by atoms with Gasteiger partial charge in [-0.3, -0.25) is 4.79 Å². The molecule has 0 aromatic heterocycles. The van der Waals surface area contributed by atoms with Crippen LogP contribution in [0, 0.1) is 16.7 Å². The minimum absolute atomic E-state index is 0.501. The molecule has 3 atom stereocenters. The van der Waals surface area contributed by atoms with E-state index in [4.69, 9.17) is 0 Å². The van der Waals surface area contributed by atoms with Gasteiger partial charge in [-0.2, -0.15) is 0 Å². The first-order valence-corrected chi connectivity index (χ1v) is 4.71. The predicted molar refractivity (Wildman–Crippen MR) is 42.1 cm³/mol. The van der Waals surface area contributed by atoms with E-state index in [1.54, 1.807) is 0 Å². The van der Waals surface area contributed by atoms with Crippen LogP contribution in [0.1, 0.15) is 39.0 Å². The number of Topliss-reactive ketones (excluding diaryl/α,β-unsaturated/α-hetero) is 1. The van der Waals surface area contributed by atoms with Crippen LogP contribution in [0.3, 0.4) is 0 Å². The number of ketones is 1. The quantitative estimate of drug-likeness (QED) is 0.517. The van der Waals surface area contributed by atoms with E-state index in [1.807, 2.05) is 0 Å². The summed E-state index contributed by atoms with van der Waals surface area (Å²) in [4.78, 5) is 11.4. The lowest BCUT2D eigenvalue weighted by Crippen LogP contribution is -2.62. The number of rotatable bonds is 0. The molecule has 1 nitrogen and oxygen atoms in total. The first-order chi connectivity index (χ1) is 5.18. The van der Waals surface area contributed by atoms with E-state index in [9.17, 15) is 4.79 Å². The Kier molecular flexibility index (Phi) is 0.799. The lowest BCUT2D eigenvalue weighted by atomic mass is 9.35. The van der Waals surface area contributed by atoms with E-state index in [-0.39, 0.29) is 0 Å². The highest BCUT2D eigenvalue weighted by Crippen LogP contribution is 2.77. The van der Waals surface area contributed by atoms with Gasteiger partial charge in [0, 0.05) is 12.3 Å². The second-order valence-electron chi connectivity index (χ2n) is 4.94. The van der Waals surface area contributed by atoms with Crippen molar-refractivity contribution in [3.8, 4) is 0 Å². The van der Waals surface area contributed by atoms with Crippen LogP contribution in [0.5, 0.6) is 0 Å². The molecule has 0 aromatic rings. The molecule has 60 valence electrons. The lowest BCUT2D eigenvalue weighted by Gasteiger charge is -2.69. The number of hydrogen-bond donors (Lipinski definition) is 0. The highest BCUT2D eigenvalue weighted by Gasteiger charge is 2.71. The van der Waals surface area contributed by atoms with Gasteiger partial charge < -0.3 is 0 Å². The van der Waals surface area contributed by atoms with Crippen molar-refractivity contribution in [2.75, 3.05) is 0 Å². The summed E-state index contributed by atoms with van der Waals surface area (Å²) in [7, 11) is 0. The highest BCUT2D eigenvalue weighted by atomic mass is 16.1. The van der Waals surface area contributed by atoms with Crippen molar-refractivity contribution >= 4 is 5.78 Å². The standard InChI is InChI=1S/C10H14O/c1-9-4-5-10(9)3-2-8(11)7(10)6-9/h7H,2-6H2,1H3/t7-,9+,10?/m1/s1. The van der Waals surface area contributed by atoms with Crippen molar-refractivity contribution in [1.82, 2.24) is 0 Å². The van der Waals surface area contributed by atoms with Crippen molar-refractivity contribution in [1.29, 1.82) is 0 Å². The molecule has 3 aliphatic rings. The maximum absolute atomic E-state index is 11.4. The average molecular weight is 150 g/mol. The summed E-state index contributed by atoms with van der Waals surface area (Å²) in [6, 6.07) is 0. The number of hydrogen-bond acceptors (Lipinski definition) is 1. The van der Waals surface area contributed by atoms with Crippen molar-refractivity contribution in [2.45, 2.75) is 39.0 Å². The van der Waals surface area contributed by atoms with Crippen LogP contribution in [-0.4, -0.2) is 5.78 Å². The minimum atomic E-state index is 0.501. The van der Waals surface area contributed by atoms with Gasteiger partial charge in [0.25, 0.3) is 0 Å². The Balaban J connectivity index is 2.01. The molecule has 1 unspecified atom stereocenters. The Morgan fingerprint density at radius 3 is 2.55 bits per heavy atom. The Labute approximate surface area is 67.2 Å². The Bertz CT molecular complexity index is 245. The summed E-state index contributed by atoms with van der Waals surface area (Å²) in [6.07, 6.45) is 6.05. The normalized spacial score (nSPS) is 59.4. The maximum atomic E-state index is 11.4. The fourth-order valence-electron chi connectivity index (χ4n) is 3.83. The first kappa shape index (κ1) is 6.22. The molecule has 0 aromatic carbocycles. The second-order valence-corrected chi connectivity index (χ2v) is 4.94. The predicted octanol–water partition coefficient (Wildman–Crippen LogP) is 2.16. The average Bonchev–Trinajstić information content (AvgIpc) is 2.29. The van der Waals surface area contributed by atoms with Crippen molar-refractivity contribution in [2.24, 2.45) is 16.7 Å². The van der Waals surface area contributed by atoms with Crippen molar-refractivity contribution in [3.05, 3.63) is 0 Å². The topological polar surface area (TPSA) is 17.1 Å². The molecule has 0 N–H and O–H groups in total. The van der Waals surface area contributed by atoms with Gasteiger partial charge in [-0.25, -0.2) is 0 Å². The second kappa shape index (κ2) is 1.41. The zero-order valence-corrected chi connectivity index (χ0v) is 7.02. The number of carbonyl (C=O) groups excluding carboxylic acids is 1. The third-order valence-electron chi connectivity index (χ3n) is 4.85. The molecular weight excluding hydrogens is 136 g/mol. The molecule has 1 heteroatoms. The van der Waals surface area contributed by atoms with Crippen LogP contribution in [0.4, 0.5) is 0 Å². The summed E-state index contributed by atoms with van der Waals surface area (Å²) < 4.78 is 0. The highest BCUT2D eigenvalue weighted by molar-refractivity contribution is 5.86. The zero-order chi connectivity index (χ0) is 7.69. The van der Waals surface area contributed by atoms with Crippen molar-refractivity contribution < 1.29 is 4.79 Å². The third-order valence-corrected chi connectivity index (χ3v) is 4.85. The lowest BCUT2D eigenvalue weighted by molar-refractivity contribution is -0.202. The van der Waals surface area contributed by atoms with E-state index in [0.717, 1.165) is 6.42 Å². The maximum Gasteiger partial charge on any atom is 0.136 e. The molecule has 3 aliphatic carbocycles.